The number of halogens is 2. The summed E-state index contributed by atoms with van der Waals surface area (Å²) in [4.78, 5) is 13.9. The van der Waals surface area contributed by atoms with E-state index in [1.165, 1.54) is 12.8 Å². The molecule has 2 aliphatic carbocycles. The number of thiazole rings is 1. The molecule has 2 aromatic heterocycles. The molecule has 0 amide bonds. The SMILES string of the molecule is Cc1cc(CC2CCC(F)(F)CC2)nc(-c2nc(C3CC3)cs2)n1. The van der Waals surface area contributed by atoms with Crippen LogP contribution in [0.3, 0.4) is 0 Å². The molecule has 6 heteroatoms. The second kappa shape index (κ2) is 6.14. The van der Waals surface area contributed by atoms with Gasteiger partial charge >= 0.3 is 0 Å². The molecule has 2 saturated carbocycles. The molecule has 3 nitrogen and oxygen atoms in total. The maximum atomic E-state index is 13.3. The molecule has 0 saturated heterocycles. The van der Waals surface area contributed by atoms with Crippen molar-refractivity contribution in [1.82, 2.24) is 15.0 Å². The zero-order valence-corrected chi connectivity index (χ0v) is 14.6. The maximum Gasteiger partial charge on any atom is 0.248 e. The van der Waals surface area contributed by atoms with Crippen LogP contribution >= 0.6 is 11.3 Å². The van der Waals surface area contributed by atoms with Crippen molar-refractivity contribution in [3.05, 3.63) is 28.5 Å². The molecule has 2 aromatic rings. The Morgan fingerprint density at radius 2 is 1.88 bits per heavy atom. The van der Waals surface area contributed by atoms with Gasteiger partial charge in [0, 0.05) is 35.5 Å². The average molecular weight is 349 g/mol. The Labute approximate surface area is 144 Å². The summed E-state index contributed by atoms with van der Waals surface area (Å²) in [6.07, 6.45) is 4.39. The van der Waals surface area contributed by atoms with Gasteiger partial charge < -0.3 is 0 Å². The Kier molecular flexibility index (Phi) is 4.11. The van der Waals surface area contributed by atoms with Crippen LogP contribution in [-0.4, -0.2) is 20.9 Å². The van der Waals surface area contributed by atoms with Crippen molar-refractivity contribution in [2.24, 2.45) is 5.92 Å². The van der Waals surface area contributed by atoms with Gasteiger partial charge in [0.1, 0.15) is 0 Å². The summed E-state index contributed by atoms with van der Waals surface area (Å²) < 4.78 is 26.6. The Bertz CT molecular complexity index is 730. The molecule has 0 aliphatic heterocycles. The highest BCUT2D eigenvalue weighted by Gasteiger charge is 2.35. The van der Waals surface area contributed by atoms with E-state index in [1.807, 2.05) is 13.0 Å². The third kappa shape index (κ3) is 3.63. The number of rotatable bonds is 4. The second-order valence-electron chi connectivity index (χ2n) is 7.18. The molecule has 2 fully saturated rings. The van der Waals surface area contributed by atoms with Crippen LogP contribution in [-0.2, 0) is 6.42 Å². The van der Waals surface area contributed by atoms with Crippen LogP contribution in [0.25, 0.3) is 10.8 Å². The lowest BCUT2D eigenvalue weighted by atomic mass is 9.84. The van der Waals surface area contributed by atoms with Gasteiger partial charge in [-0.05, 0) is 51.0 Å². The molecule has 4 rings (SSSR count). The van der Waals surface area contributed by atoms with E-state index < -0.39 is 5.92 Å². The molecule has 0 atom stereocenters. The normalized spacial score (nSPS) is 21.1. The van der Waals surface area contributed by atoms with E-state index in [-0.39, 0.29) is 12.8 Å². The van der Waals surface area contributed by atoms with Crippen LogP contribution in [0.15, 0.2) is 11.4 Å². The van der Waals surface area contributed by atoms with Crippen LogP contribution in [0.5, 0.6) is 0 Å². The topological polar surface area (TPSA) is 38.7 Å². The van der Waals surface area contributed by atoms with E-state index >= 15 is 0 Å². The van der Waals surface area contributed by atoms with E-state index in [0.717, 1.165) is 28.5 Å². The minimum absolute atomic E-state index is 0.00577. The van der Waals surface area contributed by atoms with Crippen molar-refractivity contribution < 1.29 is 8.78 Å². The first-order valence-corrected chi connectivity index (χ1v) is 9.55. The zero-order valence-electron chi connectivity index (χ0n) is 13.8. The molecule has 0 N–H and O–H groups in total. The van der Waals surface area contributed by atoms with Gasteiger partial charge in [-0.2, -0.15) is 0 Å². The number of hydrogen-bond donors (Lipinski definition) is 0. The van der Waals surface area contributed by atoms with Gasteiger partial charge in [0.2, 0.25) is 5.92 Å². The standard InChI is InChI=1S/C18H21F2N3S/c1-11-8-14(9-12-4-6-18(19,20)7-5-12)22-16(21-11)17-23-15(10-24-17)13-2-3-13/h8,10,12-13H,2-7,9H2,1H3. The molecule has 0 aromatic carbocycles. The van der Waals surface area contributed by atoms with Crippen molar-refractivity contribution in [3.63, 3.8) is 0 Å². The maximum absolute atomic E-state index is 13.3. The number of hydrogen-bond acceptors (Lipinski definition) is 4. The fourth-order valence-corrected chi connectivity index (χ4v) is 4.22. The molecule has 2 aliphatic rings. The monoisotopic (exact) mass is 349 g/mol. The van der Waals surface area contributed by atoms with Gasteiger partial charge in [-0.25, -0.2) is 23.7 Å². The molecule has 2 heterocycles. The number of aryl methyl sites for hydroxylation is 1. The lowest BCUT2D eigenvalue weighted by Gasteiger charge is -2.28. The summed E-state index contributed by atoms with van der Waals surface area (Å²) >= 11 is 1.60. The van der Waals surface area contributed by atoms with E-state index in [4.69, 9.17) is 0 Å². The molecule has 0 spiro atoms. The van der Waals surface area contributed by atoms with Crippen LogP contribution in [0.2, 0.25) is 0 Å². The van der Waals surface area contributed by atoms with Crippen molar-refractivity contribution in [2.45, 2.75) is 63.7 Å². The Balaban J connectivity index is 1.50. The van der Waals surface area contributed by atoms with Crippen molar-refractivity contribution >= 4 is 11.3 Å². The van der Waals surface area contributed by atoms with Gasteiger partial charge in [0.15, 0.2) is 10.8 Å². The first-order valence-electron chi connectivity index (χ1n) is 8.67. The Hall–Kier alpha value is -1.43. The van der Waals surface area contributed by atoms with E-state index in [0.29, 0.717) is 30.5 Å². The van der Waals surface area contributed by atoms with Gasteiger partial charge in [-0.3, -0.25) is 0 Å². The van der Waals surface area contributed by atoms with E-state index in [2.05, 4.69) is 20.3 Å². The number of nitrogens with zero attached hydrogens (tertiary/aromatic N) is 3. The fourth-order valence-electron chi connectivity index (χ4n) is 3.39. The van der Waals surface area contributed by atoms with Gasteiger partial charge in [-0.1, -0.05) is 0 Å². The van der Waals surface area contributed by atoms with Crippen LogP contribution in [0, 0.1) is 12.8 Å². The number of alkyl halides is 2. The third-order valence-electron chi connectivity index (χ3n) is 4.95. The Morgan fingerprint density at radius 3 is 2.58 bits per heavy atom. The predicted molar refractivity (Wildman–Crippen MR) is 90.5 cm³/mol. The van der Waals surface area contributed by atoms with Gasteiger partial charge in [0.25, 0.3) is 0 Å². The molecule has 24 heavy (non-hydrogen) atoms. The fraction of sp³-hybridized carbons (Fsp3) is 0.611. The second-order valence-corrected chi connectivity index (χ2v) is 8.04. The van der Waals surface area contributed by atoms with Crippen molar-refractivity contribution in [3.8, 4) is 10.8 Å². The van der Waals surface area contributed by atoms with Crippen LogP contribution in [0.1, 0.15) is 61.5 Å². The Morgan fingerprint density at radius 1 is 1.12 bits per heavy atom. The molecule has 128 valence electrons. The summed E-state index contributed by atoms with van der Waals surface area (Å²) in [5.74, 6) is -0.861. The summed E-state index contributed by atoms with van der Waals surface area (Å²) in [5.41, 5.74) is 3.03. The first-order chi connectivity index (χ1) is 11.5. The molecular weight excluding hydrogens is 328 g/mol. The lowest BCUT2D eigenvalue weighted by molar-refractivity contribution is -0.0457. The van der Waals surface area contributed by atoms with Crippen LogP contribution < -0.4 is 0 Å². The van der Waals surface area contributed by atoms with Crippen molar-refractivity contribution in [1.29, 1.82) is 0 Å². The molecule has 0 radical (unpaired) electrons. The minimum Gasteiger partial charge on any atom is -0.237 e. The third-order valence-corrected chi connectivity index (χ3v) is 5.81. The lowest BCUT2D eigenvalue weighted by Crippen LogP contribution is -2.25. The van der Waals surface area contributed by atoms with Crippen LogP contribution in [0.4, 0.5) is 8.78 Å². The minimum atomic E-state index is -2.47. The highest BCUT2D eigenvalue weighted by Crippen LogP contribution is 2.41. The summed E-state index contributed by atoms with van der Waals surface area (Å²) in [6, 6.07) is 1.98. The molecular formula is C18H21F2N3S. The molecule has 0 unspecified atom stereocenters. The predicted octanol–water partition coefficient (Wildman–Crippen LogP) is 5.15. The molecule has 0 bridgehead atoms. The van der Waals surface area contributed by atoms with E-state index in [9.17, 15) is 8.78 Å². The van der Waals surface area contributed by atoms with E-state index in [1.54, 1.807) is 11.3 Å². The summed E-state index contributed by atoms with van der Waals surface area (Å²) in [6.45, 7) is 1.96. The summed E-state index contributed by atoms with van der Waals surface area (Å²) in [5, 5.41) is 2.98. The largest absolute Gasteiger partial charge is 0.248 e. The zero-order chi connectivity index (χ0) is 16.7. The highest BCUT2D eigenvalue weighted by molar-refractivity contribution is 7.13. The van der Waals surface area contributed by atoms with Gasteiger partial charge in [0.05, 0.1) is 5.69 Å². The average Bonchev–Trinajstić information content (AvgIpc) is 3.26. The van der Waals surface area contributed by atoms with Crippen molar-refractivity contribution in [2.75, 3.05) is 0 Å². The van der Waals surface area contributed by atoms with Gasteiger partial charge in [-0.15, -0.1) is 11.3 Å². The quantitative estimate of drug-likeness (QED) is 0.766. The highest BCUT2D eigenvalue weighted by atomic mass is 32.1. The first kappa shape index (κ1) is 16.1. The smallest absolute Gasteiger partial charge is 0.237 e. The number of aromatic nitrogens is 3. The summed E-state index contributed by atoms with van der Waals surface area (Å²) in [7, 11) is 0.